The van der Waals surface area contributed by atoms with Crippen molar-refractivity contribution >= 4 is 37.1 Å². The maximum atomic E-state index is 10.5. The van der Waals surface area contributed by atoms with Crippen LogP contribution in [0, 0.1) is 0 Å². The van der Waals surface area contributed by atoms with Crippen molar-refractivity contribution < 1.29 is 9.59 Å². The van der Waals surface area contributed by atoms with Gasteiger partial charge in [-0.05, 0) is 12.8 Å². The molecule has 2 unspecified atom stereocenters. The molecule has 0 bridgehead atoms. The number of nitrogens with two attached hydrogens (primary N) is 2. The molecule has 4 N–H and O–H groups in total. The molecule has 0 radical (unpaired) electrons. The van der Waals surface area contributed by atoms with E-state index in [4.69, 9.17) is 11.5 Å². The van der Waals surface area contributed by atoms with E-state index in [9.17, 15) is 9.59 Å². The number of carbonyl (C=O) groups excluding carboxylic acids is 2. The molecule has 0 aliphatic heterocycles. The summed E-state index contributed by atoms with van der Waals surface area (Å²) < 4.78 is 0. The molecule has 13 heavy (non-hydrogen) atoms. The lowest BCUT2D eigenvalue weighted by molar-refractivity contribution is -0.118. The number of hydrogen-bond acceptors (Lipinski definition) is 4. The summed E-state index contributed by atoms with van der Waals surface area (Å²) in [6.07, 6.45) is 1.75. The Morgan fingerprint density at radius 2 is 1.31 bits per heavy atom. The molecule has 0 rings (SSSR count). The predicted octanol–water partition coefficient (Wildman–Crippen LogP) is -0.276. The summed E-state index contributed by atoms with van der Waals surface area (Å²) in [4.78, 5) is 21.1. The molecule has 76 valence electrons. The van der Waals surface area contributed by atoms with Gasteiger partial charge < -0.3 is 11.5 Å². The fourth-order valence-corrected chi connectivity index (χ4v) is 1.15. The van der Waals surface area contributed by atoms with Crippen LogP contribution in [0.1, 0.15) is 19.3 Å². The molecule has 6 heteroatoms. The third-order valence-corrected chi connectivity index (χ3v) is 2.64. The molecule has 0 spiro atoms. The minimum atomic E-state index is -0.451. The number of amides is 2. The number of primary amides is 2. The van der Waals surface area contributed by atoms with Crippen LogP contribution < -0.4 is 11.5 Å². The van der Waals surface area contributed by atoms with E-state index >= 15 is 0 Å². The first kappa shape index (κ1) is 12.6. The summed E-state index contributed by atoms with van der Waals surface area (Å²) >= 11 is 7.93. The van der Waals surface area contributed by atoms with Gasteiger partial charge >= 0.3 is 0 Å². The largest absolute Gasteiger partial charge is 0.369 e. The van der Waals surface area contributed by atoms with Gasteiger partial charge in [0.15, 0.2) is 0 Å². The van der Waals surface area contributed by atoms with Crippen molar-refractivity contribution in [3.8, 4) is 0 Å². The highest BCUT2D eigenvalue weighted by Gasteiger charge is 2.12. The van der Waals surface area contributed by atoms with E-state index in [1.807, 2.05) is 0 Å². The molecule has 0 saturated heterocycles. The summed E-state index contributed by atoms with van der Waals surface area (Å²) in [7, 11) is 0. The van der Waals surface area contributed by atoms with E-state index in [0.717, 1.165) is 0 Å². The molecule has 0 aromatic rings. The summed E-state index contributed by atoms with van der Waals surface area (Å²) in [5.74, 6) is -0.892. The summed E-state index contributed by atoms with van der Waals surface area (Å²) in [5, 5.41) is -0.901. The molecule has 0 saturated carbocycles. The standard InChI is InChI=1S/C7H14N2O2S2/c8-6(10)4(12)2-1-3-5(13)7(9)11/h4-5,12-13H,1-3H2,(H2,8,10)(H2,9,11). The third-order valence-electron chi connectivity index (χ3n) is 1.61. The summed E-state index contributed by atoms with van der Waals surface area (Å²) in [5.41, 5.74) is 9.97. The minimum Gasteiger partial charge on any atom is -0.369 e. The van der Waals surface area contributed by atoms with Crippen molar-refractivity contribution in [2.75, 3.05) is 0 Å². The number of carbonyl (C=O) groups is 2. The molecule has 4 nitrogen and oxygen atoms in total. The fraction of sp³-hybridized carbons (Fsp3) is 0.714. The lowest BCUT2D eigenvalue weighted by Crippen LogP contribution is -2.26. The highest BCUT2D eigenvalue weighted by Crippen LogP contribution is 2.11. The molecule has 2 atom stereocenters. The minimum absolute atomic E-state index is 0.446. The SMILES string of the molecule is NC(=O)C(S)CCCC(S)C(N)=O. The van der Waals surface area contributed by atoms with Gasteiger partial charge in [-0.1, -0.05) is 6.42 Å². The second-order valence-electron chi connectivity index (χ2n) is 2.77. The van der Waals surface area contributed by atoms with Crippen LogP contribution in [0.5, 0.6) is 0 Å². The van der Waals surface area contributed by atoms with Crippen LogP contribution in [-0.2, 0) is 9.59 Å². The van der Waals surface area contributed by atoms with Crippen molar-refractivity contribution in [1.82, 2.24) is 0 Å². The molecule has 0 aromatic carbocycles. The molecule has 2 amide bonds. The Hall–Kier alpha value is -0.360. The molecular formula is C7H14N2O2S2. The van der Waals surface area contributed by atoms with Gasteiger partial charge in [0.05, 0.1) is 10.5 Å². The van der Waals surface area contributed by atoms with E-state index in [1.54, 1.807) is 0 Å². The monoisotopic (exact) mass is 222 g/mol. The zero-order chi connectivity index (χ0) is 10.4. The van der Waals surface area contributed by atoms with Gasteiger partial charge in [-0.25, -0.2) is 0 Å². The van der Waals surface area contributed by atoms with Crippen molar-refractivity contribution in [2.45, 2.75) is 29.8 Å². The van der Waals surface area contributed by atoms with Crippen LogP contribution in [0.15, 0.2) is 0 Å². The second-order valence-corrected chi connectivity index (χ2v) is 4.01. The maximum Gasteiger partial charge on any atom is 0.230 e. The molecule has 0 heterocycles. The second kappa shape index (κ2) is 6.15. The first-order valence-corrected chi connectivity index (χ1v) is 4.93. The van der Waals surface area contributed by atoms with Crippen molar-refractivity contribution in [2.24, 2.45) is 11.5 Å². The van der Waals surface area contributed by atoms with Gasteiger partial charge in [0.25, 0.3) is 0 Å². The van der Waals surface area contributed by atoms with Crippen LogP contribution in [-0.4, -0.2) is 22.3 Å². The van der Waals surface area contributed by atoms with E-state index in [-0.39, 0.29) is 0 Å². The van der Waals surface area contributed by atoms with Gasteiger partial charge in [-0.2, -0.15) is 25.3 Å². The third kappa shape index (κ3) is 5.81. The van der Waals surface area contributed by atoms with Crippen LogP contribution in [0.3, 0.4) is 0 Å². The first-order chi connectivity index (χ1) is 5.95. The molecule has 0 aromatic heterocycles. The van der Waals surface area contributed by atoms with Gasteiger partial charge in [-0.3, -0.25) is 9.59 Å². The zero-order valence-corrected chi connectivity index (χ0v) is 8.93. The fourth-order valence-electron chi connectivity index (χ4n) is 0.789. The lowest BCUT2D eigenvalue weighted by Gasteiger charge is -2.08. The molecule has 0 aliphatic rings. The Morgan fingerprint density at radius 3 is 1.54 bits per heavy atom. The Kier molecular flexibility index (Phi) is 5.98. The number of thiol groups is 2. The van der Waals surface area contributed by atoms with Crippen LogP contribution >= 0.6 is 25.3 Å². The summed E-state index contributed by atoms with van der Waals surface area (Å²) in [6.45, 7) is 0. The smallest absolute Gasteiger partial charge is 0.230 e. The lowest BCUT2D eigenvalue weighted by atomic mass is 10.1. The molecule has 0 aliphatic carbocycles. The van der Waals surface area contributed by atoms with Crippen molar-refractivity contribution in [3.05, 3.63) is 0 Å². The summed E-state index contributed by atoms with van der Waals surface area (Å²) in [6, 6.07) is 0. The highest BCUT2D eigenvalue weighted by atomic mass is 32.1. The van der Waals surface area contributed by atoms with E-state index in [2.05, 4.69) is 25.3 Å². The van der Waals surface area contributed by atoms with Gasteiger partial charge in [0.2, 0.25) is 11.8 Å². The number of rotatable bonds is 6. The Bertz CT molecular complexity index is 179. The van der Waals surface area contributed by atoms with Crippen LogP contribution in [0.25, 0.3) is 0 Å². The first-order valence-electron chi connectivity index (χ1n) is 3.90. The van der Waals surface area contributed by atoms with Crippen LogP contribution in [0.2, 0.25) is 0 Å². The van der Waals surface area contributed by atoms with Crippen molar-refractivity contribution in [1.29, 1.82) is 0 Å². The number of hydrogen-bond donors (Lipinski definition) is 4. The molecular weight excluding hydrogens is 208 g/mol. The van der Waals surface area contributed by atoms with Crippen molar-refractivity contribution in [3.63, 3.8) is 0 Å². The predicted molar refractivity (Wildman–Crippen MR) is 57.8 cm³/mol. The highest BCUT2D eigenvalue weighted by molar-refractivity contribution is 7.82. The normalized spacial score (nSPS) is 14.9. The Labute approximate surface area is 88.2 Å². The van der Waals surface area contributed by atoms with E-state index in [0.29, 0.717) is 19.3 Å². The van der Waals surface area contributed by atoms with Crippen LogP contribution in [0.4, 0.5) is 0 Å². The topological polar surface area (TPSA) is 86.2 Å². The zero-order valence-electron chi connectivity index (χ0n) is 7.14. The Balaban J connectivity index is 3.56. The average Bonchev–Trinajstić information content (AvgIpc) is 2.03. The molecule has 0 fully saturated rings. The van der Waals surface area contributed by atoms with E-state index in [1.165, 1.54) is 0 Å². The van der Waals surface area contributed by atoms with Gasteiger partial charge in [-0.15, -0.1) is 0 Å². The average molecular weight is 222 g/mol. The maximum absolute atomic E-state index is 10.5. The quantitative estimate of drug-likeness (QED) is 0.466. The van der Waals surface area contributed by atoms with Gasteiger partial charge in [0.1, 0.15) is 0 Å². The van der Waals surface area contributed by atoms with E-state index < -0.39 is 22.3 Å². The van der Waals surface area contributed by atoms with Gasteiger partial charge in [0, 0.05) is 0 Å². The Morgan fingerprint density at radius 1 is 1.00 bits per heavy atom.